The van der Waals surface area contributed by atoms with E-state index in [0.29, 0.717) is 10.0 Å². The molecule has 1 aromatic rings. The molecule has 1 rings (SSSR count). The predicted octanol–water partition coefficient (Wildman–Crippen LogP) is 2.11. The largest absolute Gasteiger partial charge is 0.478 e. The van der Waals surface area contributed by atoms with E-state index in [-0.39, 0.29) is 23.1 Å². The summed E-state index contributed by atoms with van der Waals surface area (Å²) < 4.78 is 31.9. The summed E-state index contributed by atoms with van der Waals surface area (Å²) in [5.74, 6) is -1.18. The number of aromatic carboxylic acids is 1. The van der Waals surface area contributed by atoms with Gasteiger partial charge in [-0.25, -0.2) is 13.2 Å². The molecule has 118 valence electrons. The number of carbonyl (C=O) groups is 1. The molecule has 1 aromatic carbocycles. The minimum atomic E-state index is -3.81. The van der Waals surface area contributed by atoms with E-state index in [4.69, 9.17) is 9.84 Å². The molecule has 0 spiro atoms. The number of hydrogen-bond acceptors (Lipinski definition) is 4. The molecule has 1 N–H and O–H groups in total. The Bertz CT molecular complexity index is 644. The van der Waals surface area contributed by atoms with Crippen molar-refractivity contribution in [3.63, 3.8) is 0 Å². The molecule has 1 atom stereocenters. The van der Waals surface area contributed by atoms with Crippen LogP contribution in [0.4, 0.5) is 0 Å². The molecule has 0 aliphatic carbocycles. The minimum absolute atomic E-state index is 0.0280. The summed E-state index contributed by atoms with van der Waals surface area (Å²) in [6.45, 7) is 3.58. The summed E-state index contributed by atoms with van der Waals surface area (Å²) in [7, 11) is -0.875. The summed E-state index contributed by atoms with van der Waals surface area (Å²) in [5, 5.41) is 9.07. The maximum absolute atomic E-state index is 12.7. The van der Waals surface area contributed by atoms with Gasteiger partial charge < -0.3 is 9.84 Å². The number of nitrogens with zero attached hydrogens (tertiary/aromatic N) is 1. The van der Waals surface area contributed by atoms with Gasteiger partial charge in [0.25, 0.3) is 0 Å². The molecular formula is C13H18BrNO5S. The Hall–Kier alpha value is -0.960. The van der Waals surface area contributed by atoms with E-state index in [1.165, 1.54) is 30.6 Å². The third-order valence-electron chi connectivity index (χ3n) is 3.23. The molecule has 0 aliphatic rings. The van der Waals surface area contributed by atoms with Crippen molar-refractivity contribution in [1.29, 1.82) is 0 Å². The summed E-state index contributed by atoms with van der Waals surface area (Å²) in [6, 6.07) is 2.19. The Morgan fingerprint density at radius 2 is 2.05 bits per heavy atom. The lowest BCUT2D eigenvalue weighted by Gasteiger charge is -2.25. The first-order chi connectivity index (χ1) is 9.62. The average molecular weight is 380 g/mol. The highest BCUT2D eigenvalue weighted by molar-refractivity contribution is 9.10. The Morgan fingerprint density at radius 3 is 2.52 bits per heavy atom. The quantitative estimate of drug-likeness (QED) is 0.817. The van der Waals surface area contributed by atoms with Crippen LogP contribution in [0.2, 0.25) is 0 Å². The molecule has 1 unspecified atom stereocenters. The molecular weight excluding hydrogens is 362 g/mol. The monoisotopic (exact) mass is 379 g/mol. The van der Waals surface area contributed by atoms with Crippen LogP contribution in [-0.2, 0) is 14.8 Å². The minimum Gasteiger partial charge on any atom is -0.478 e. The van der Waals surface area contributed by atoms with Crippen molar-refractivity contribution in [3.05, 3.63) is 27.7 Å². The van der Waals surface area contributed by atoms with Crippen molar-refractivity contribution >= 4 is 31.9 Å². The van der Waals surface area contributed by atoms with Crippen LogP contribution >= 0.6 is 15.9 Å². The molecule has 0 bridgehead atoms. The van der Waals surface area contributed by atoms with Gasteiger partial charge in [-0.3, -0.25) is 0 Å². The fraction of sp³-hybridized carbons (Fsp3) is 0.462. The third kappa shape index (κ3) is 3.82. The van der Waals surface area contributed by atoms with Crippen LogP contribution in [0.15, 0.2) is 21.5 Å². The molecule has 0 saturated carbocycles. The number of likely N-dealkylation sites (N-methyl/N-ethyl adjacent to an activating group) is 1. The first-order valence-electron chi connectivity index (χ1n) is 6.13. The topological polar surface area (TPSA) is 83.9 Å². The zero-order valence-electron chi connectivity index (χ0n) is 12.3. The number of benzene rings is 1. The van der Waals surface area contributed by atoms with Crippen molar-refractivity contribution in [2.75, 3.05) is 20.8 Å². The summed E-state index contributed by atoms with van der Waals surface area (Å²) in [6.07, 6.45) is 0. The number of sulfonamides is 1. The molecule has 0 fully saturated rings. The second kappa shape index (κ2) is 6.87. The number of carboxylic acid groups (broad SMARTS) is 1. The van der Waals surface area contributed by atoms with Gasteiger partial charge in [-0.15, -0.1) is 0 Å². The van der Waals surface area contributed by atoms with Crippen LogP contribution in [-0.4, -0.2) is 50.6 Å². The van der Waals surface area contributed by atoms with Crippen molar-refractivity contribution < 1.29 is 23.1 Å². The van der Waals surface area contributed by atoms with Crippen LogP contribution in [0.25, 0.3) is 0 Å². The van der Waals surface area contributed by atoms with Gasteiger partial charge in [-0.2, -0.15) is 4.31 Å². The normalized spacial score (nSPS) is 13.4. The number of carboxylic acids is 1. The van der Waals surface area contributed by atoms with Gasteiger partial charge in [0.15, 0.2) is 0 Å². The zero-order valence-corrected chi connectivity index (χ0v) is 14.7. The second-order valence-corrected chi connectivity index (χ2v) is 7.53. The van der Waals surface area contributed by atoms with Gasteiger partial charge in [-0.1, -0.05) is 15.9 Å². The second-order valence-electron chi connectivity index (χ2n) is 4.71. The standard InChI is InChI=1S/C13H18BrNO5S/c1-8(7-20-4)15(3)21(18,19)12-6-10(13(16)17)5-11(14)9(12)2/h5-6,8H,7H2,1-4H3,(H,16,17). The molecule has 0 aliphatic heterocycles. The molecule has 0 radical (unpaired) electrons. The van der Waals surface area contributed by atoms with Crippen LogP contribution in [0, 0.1) is 6.92 Å². The van der Waals surface area contributed by atoms with Gasteiger partial charge in [0.05, 0.1) is 17.1 Å². The van der Waals surface area contributed by atoms with Crippen molar-refractivity contribution in [3.8, 4) is 0 Å². The van der Waals surface area contributed by atoms with Crippen LogP contribution in [0.5, 0.6) is 0 Å². The number of halogens is 1. The van der Waals surface area contributed by atoms with E-state index in [1.807, 2.05) is 0 Å². The van der Waals surface area contributed by atoms with Crippen molar-refractivity contribution in [1.82, 2.24) is 4.31 Å². The van der Waals surface area contributed by atoms with E-state index in [9.17, 15) is 13.2 Å². The lowest BCUT2D eigenvalue weighted by Crippen LogP contribution is -2.38. The van der Waals surface area contributed by atoms with E-state index in [2.05, 4.69) is 15.9 Å². The fourth-order valence-corrected chi connectivity index (χ4v) is 3.99. The van der Waals surface area contributed by atoms with Crippen molar-refractivity contribution in [2.24, 2.45) is 0 Å². The Morgan fingerprint density at radius 1 is 1.48 bits per heavy atom. The third-order valence-corrected chi connectivity index (χ3v) is 6.15. The fourth-order valence-electron chi connectivity index (χ4n) is 1.78. The smallest absolute Gasteiger partial charge is 0.335 e. The number of methoxy groups -OCH3 is 1. The van der Waals surface area contributed by atoms with E-state index >= 15 is 0 Å². The maximum Gasteiger partial charge on any atom is 0.335 e. The van der Waals surface area contributed by atoms with Gasteiger partial charge >= 0.3 is 5.97 Å². The number of ether oxygens (including phenoxy) is 1. The summed E-state index contributed by atoms with van der Waals surface area (Å²) in [4.78, 5) is 11.1. The van der Waals surface area contributed by atoms with Crippen LogP contribution < -0.4 is 0 Å². The van der Waals surface area contributed by atoms with E-state index in [1.54, 1.807) is 13.8 Å². The highest BCUT2D eigenvalue weighted by Gasteiger charge is 2.28. The molecule has 8 heteroatoms. The van der Waals surface area contributed by atoms with Crippen LogP contribution in [0.3, 0.4) is 0 Å². The molecule has 0 aromatic heterocycles. The lowest BCUT2D eigenvalue weighted by atomic mass is 10.1. The first kappa shape index (κ1) is 18.1. The molecule has 0 amide bonds. The first-order valence-corrected chi connectivity index (χ1v) is 8.36. The van der Waals surface area contributed by atoms with E-state index < -0.39 is 16.0 Å². The Balaban J connectivity index is 3.40. The number of rotatable bonds is 6. The summed E-state index contributed by atoms with van der Waals surface area (Å²) >= 11 is 3.20. The Kier molecular flexibility index (Phi) is 5.92. The van der Waals surface area contributed by atoms with Gasteiger partial charge in [0, 0.05) is 24.7 Å². The molecule has 0 saturated heterocycles. The zero-order chi connectivity index (χ0) is 16.4. The molecule has 6 nitrogen and oxygen atoms in total. The SMILES string of the molecule is COCC(C)N(C)S(=O)(=O)c1cc(C(=O)O)cc(Br)c1C. The molecule has 21 heavy (non-hydrogen) atoms. The Labute approximate surface area is 132 Å². The maximum atomic E-state index is 12.7. The van der Waals surface area contributed by atoms with E-state index in [0.717, 1.165) is 0 Å². The predicted molar refractivity (Wildman–Crippen MR) is 82.1 cm³/mol. The van der Waals surface area contributed by atoms with Crippen molar-refractivity contribution in [2.45, 2.75) is 24.8 Å². The number of hydrogen-bond donors (Lipinski definition) is 1. The van der Waals surface area contributed by atoms with Gasteiger partial charge in [-0.05, 0) is 31.5 Å². The van der Waals surface area contributed by atoms with Crippen LogP contribution in [0.1, 0.15) is 22.8 Å². The highest BCUT2D eigenvalue weighted by Crippen LogP contribution is 2.28. The molecule has 0 heterocycles. The lowest BCUT2D eigenvalue weighted by molar-refractivity contribution is 0.0696. The highest BCUT2D eigenvalue weighted by atomic mass is 79.9. The average Bonchev–Trinajstić information content (AvgIpc) is 2.40. The van der Waals surface area contributed by atoms with Gasteiger partial charge in [0.1, 0.15) is 0 Å². The summed E-state index contributed by atoms with van der Waals surface area (Å²) in [5.41, 5.74) is 0.385. The van der Waals surface area contributed by atoms with Gasteiger partial charge in [0.2, 0.25) is 10.0 Å².